The van der Waals surface area contributed by atoms with Crippen LogP contribution in [0.1, 0.15) is 24.1 Å². The highest BCUT2D eigenvalue weighted by molar-refractivity contribution is 6.10. The van der Waals surface area contributed by atoms with Crippen LogP contribution in [0.2, 0.25) is 0 Å². The monoisotopic (exact) mass is 261 g/mol. The molecule has 1 aromatic heterocycles. The van der Waals surface area contributed by atoms with Crippen LogP contribution in [-0.2, 0) is 0 Å². The number of hydrogen-bond acceptors (Lipinski definition) is 5. The van der Waals surface area contributed by atoms with Gasteiger partial charge in [-0.3, -0.25) is 9.98 Å². The number of nitrogens with zero attached hydrogens (tertiary/aromatic N) is 2. The van der Waals surface area contributed by atoms with Gasteiger partial charge in [0.1, 0.15) is 5.75 Å². The van der Waals surface area contributed by atoms with Crippen LogP contribution in [0.5, 0.6) is 5.75 Å². The van der Waals surface area contributed by atoms with Gasteiger partial charge < -0.3 is 15.6 Å². The number of nitrogens with two attached hydrogens (primary N) is 1. The Balaban J connectivity index is 2.25. The molecule has 0 amide bonds. The molecule has 1 aliphatic carbocycles. The summed E-state index contributed by atoms with van der Waals surface area (Å²) in [6, 6.07) is 1.91. The number of rotatable bonds is 6. The summed E-state index contributed by atoms with van der Waals surface area (Å²) in [7, 11) is 0. The highest BCUT2D eigenvalue weighted by atomic mass is 16.5. The van der Waals surface area contributed by atoms with E-state index in [0.29, 0.717) is 12.6 Å². The van der Waals surface area contributed by atoms with Gasteiger partial charge in [0.2, 0.25) is 0 Å². The summed E-state index contributed by atoms with van der Waals surface area (Å²) in [6.45, 7) is 2.30. The lowest BCUT2D eigenvalue weighted by Crippen LogP contribution is -2.03. The van der Waals surface area contributed by atoms with Crippen molar-refractivity contribution in [3.63, 3.8) is 0 Å². The molecule has 19 heavy (non-hydrogen) atoms. The van der Waals surface area contributed by atoms with Gasteiger partial charge in [-0.2, -0.15) is 0 Å². The third-order valence-corrected chi connectivity index (χ3v) is 2.77. The Bertz CT molecular complexity index is 493. The minimum Gasteiger partial charge on any atom is -0.490 e. The number of ether oxygens (including phenoxy) is 1. The number of aliphatic hydroxyl groups excluding tert-OH is 1. The Hall–Kier alpha value is -1.88. The maximum absolute atomic E-state index is 8.74. The molecule has 1 aromatic rings. The summed E-state index contributed by atoms with van der Waals surface area (Å²) >= 11 is 0. The van der Waals surface area contributed by atoms with Gasteiger partial charge >= 0.3 is 0 Å². The minimum atomic E-state index is 0.0198. The first-order valence-electron chi connectivity index (χ1n) is 6.41. The van der Waals surface area contributed by atoms with Gasteiger partial charge in [-0.05, 0) is 19.8 Å². The van der Waals surface area contributed by atoms with Crippen LogP contribution in [0.15, 0.2) is 23.5 Å². The molecule has 0 aliphatic heterocycles. The standard InChI is InChI=1S/C14H19N3O2/c1-10-6-14(19-12-2-3-12)13(9-17-10)11(7-15)8-16-4-5-18/h6-9,12,18H,2-5,15H2,1H3/b11-7+,16-8?. The van der Waals surface area contributed by atoms with Crippen molar-refractivity contribution in [2.24, 2.45) is 10.7 Å². The third kappa shape index (κ3) is 3.79. The second-order valence-corrected chi connectivity index (χ2v) is 4.52. The van der Waals surface area contributed by atoms with Gasteiger partial charge in [-0.15, -0.1) is 0 Å². The van der Waals surface area contributed by atoms with Crippen molar-refractivity contribution < 1.29 is 9.84 Å². The van der Waals surface area contributed by atoms with E-state index in [9.17, 15) is 0 Å². The van der Waals surface area contributed by atoms with E-state index in [1.807, 2.05) is 13.0 Å². The molecule has 0 radical (unpaired) electrons. The number of aliphatic hydroxyl groups is 1. The summed E-state index contributed by atoms with van der Waals surface area (Å²) in [4.78, 5) is 8.37. The topological polar surface area (TPSA) is 80.7 Å². The van der Waals surface area contributed by atoms with Gasteiger partial charge in [-0.25, -0.2) is 0 Å². The number of aryl methyl sites for hydroxylation is 1. The summed E-state index contributed by atoms with van der Waals surface area (Å²) in [5, 5.41) is 8.74. The summed E-state index contributed by atoms with van der Waals surface area (Å²) in [6.07, 6.45) is 7.38. The summed E-state index contributed by atoms with van der Waals surface area (Å²) < 4.78 is 5.88. The average Bonchev–Trinajstić information content (AvgIpc) is 3.20. The number of aliphatic imine (C=N–C) groups is 1. The van der Waals surface area contributed by atoms with Crippen molar-refractivity contribution in [3.05, 3.63) is 29.7 Å². The summed E-state index contributed by atoms with van der Waals surface area (Å²) in [5.41, 5.74) is 8.13. The molecule has 2 rings (SSSR count). The zero-order valence-electron chi connectivity index (χ0n) is 11.0. The molecule has 0 bridgehead atoms. The molecule has 0 saturated heterocycles. The van der Waals surface area contributed by atoms with Gasteiger partial charge in [0.15, 0.2) is 0 Å². The van der Waals surface area contributed by atoms with Crippen molar-refractivity contribution in [2.75, 3.05) is 13.2 Å². The molecule has 1 heterocycles. The lowest BCUT2D eigenvalue weighted by molar-refractivity contribution is 0.302. The number of hydrogen-bond donors (Lipinski definition) is 2. The fourth-order valence-electron chi connectivity index (χ4n) is 1.64. The van der Waals surface area contributed by atoms with Crippen molar-refractivity contribution in [1.82, 2.24) is 4.98 Å². The van der Waals surface area contributed by atoms with Crippen molar-refractivity contribution in [1.29, 1.82) is 0 Å². The molecule has 1 saturated carbocycles. The molecular formula is C14H19N3O2. The zero-order chi connectivity index (χ0) is 13.7. The number of allylic oxidation sites excluding steroid dienone is 1. The number of aromatic nitrogens is 1. The van der Waals surface area contributed by atoms with E-state index in [1.54, 1.807) is 12.4 Å². The second kappa shape index (κ2) is 6.33. The van der Waals surface area contributed by atoms with Gasteiger partial charge in [0.05, 0.1) is 19.3 Å². The van der Waals surface area contributed by atoms with E-state index in [-0.39, 0.29) is 6.61 Å². The van der Waals surface area contributed by atoms with Crippen molar-refractivity contribution in [2.45, 2.75) is 25.9 Å². The SMILES string of the molecule is Cc1cc(OC2CC2)c(/C(C=NCCO)=C/N)cn1. The predicted octanol–water partition coefficient (Wildman–Crippen LogP) is 1.29. The predicted molar refractivity (Wildman–Crippen MR) is 75.2 cm³/mol. The van der Waals surface area contributed by atoms with E-state index >= 15 is 0 Å². The van der Waals surface area contributed by atoms with Crippen LogP contribution < -0.4 is 10.5 Å². The van der Waals surface area contributed by atoms with Gasteiger partial charge in [0, 0.05) is 41.5 Å². The maximum Gasteiger partial charge on any atom is 0.131 e. The van der Waals surface area contributed by atoms with Crippen LogP contribution >= 0.6 is 0 Å². The highest BCUT2D eigenvalue weighted by Gasteiger charge is 2.25. The van der Waals surface area contributed by atoms with Crippen LogP contribution in [0.25, 0.3) is 5.57 Å². The molecule has 0 spiro atoms. The van der Waals surface area contributed by atoms with Crippen LogP contribution in [-0.4, -0.2) is 35.6 Å². The first-order chi connectivity index (χ1) is 9.24. The largest absolute Gasteiger partial charge is 0.490 e. The minimum absolute atomic E-state index is 0.0198. The normalized spacial score (nSPS) is 16.0. The molecular weight excluding hydrogens is 242 g/mol. The molecule has 3 N–H and O–H groups in total. The summed E-state index contributed by atoms with van der Waals surface area (Å²) in [5.74, 6) is 0.794. The van der Waals surface area contributed by atoms with Crippen LogP contribution in [0, 0.1) is 6.92 Å². The van der Waals surface area contributed by atoms with E-state index in [1.165, 1.54) is 6.20 Å². The third-order valence-electron chi connectivity index (χ3n) is 2.77. The zero-order valence-corrected chi connectivity index (χ0v) is 11.0. The van der Waals surface area contributed by atoms with E-state index in [4.69, 9.17) is 15.6 Å². The Morgan fingerprint density at radius 3 is 3.05 bits per heavy atom. The molecule has 0 unspecified atom stereocenters. The average molecular weight is 261 g/mol. The lowest BCUT2D eigenvalue weighted by Gasteiger charge is -2.11. The molecule has 5 heteroatoms. The smallest absolute Gasteiger partial charge is 0.131 e. The van der Waals surface area contributed by atoms with Crippen LogP contribution in [0.4, 0.5) is 0 Å². The fraction of sp³-hybridized carbons (Fsp3) is 0.429. The van der Waals surface area contributed by atoms with Gasteiger partial charge in [-0.1, -0.05) is 0 Å². The molecule has 0 atom stereocenters. The van der Waals surface area contributed by atoms with E-state index < -0.39 is 0 Å². The molecule has 5 nitrogen and oxygen atoms in total. The molecule has 1 fully saturated rings. The van der Waals surface area contributed by atoms with Crippen molar-refractivity contribution in [3.8, 4) is 5.75 Å². The lowest BCUT2D eigenvalue weighted by atomic mass is 10.1. The van der Waals surface area contributed by atoms with E-state index in [2.05, 4.69) is 9.98 Å². The Morgan fingerprint density at radius 1 is 1.63 bits per heavy atom. The molecule has 102 valence electrons. The van der Waals surface area contributed by atoms with Crippen molar-refractivity contribution >= 4 is 11.8 Å². The Kier molecular flexibility index (Phi) is 4.52. The second-order valence-electron chi connectivity index (χ2n) is 4.52. The van der Waals surface area contributed by atoms with Gasteiger partial charge in [0.25, 0.3) is 0 Å². The first-order valence-corrected chi connectivity index (χ1v) is 6.41. The fourth-order valence-corrected chi connectivity index (χ4v) is 1.64. The quantitative estimate of drug-likeness (QED) is 0.756. The number of pyridine rings is 1. The van der Waals surface area contributed by atoms with Crippen LogP contribution in [0.3, 0.4) is 0 Å². The Morgan fingerprint density at radius 2 is 2.42 bits per heavy atom. The molecule has 0 aromatic carbocycles. The highest BCUT2D eigenvalue weighted by Crippen LogP contribution is 2.31. The Labute approximate surface area is 112 Å². The first kappa shape index (κ1) is 13.5. The van der Waals surface area contributed by atoms with E-state index in [0.717, 1.165) is 35.4 Å². The maximum atomic E-state index is 8.74. The molecule has 1 aliphatic rings.